The van der Waals surface area contributed by atoms with Gasteiger partial charge < -0.3 is 9.73 Å². The summed E-state index contributed by atoms with van der Waals surface area (Å²) in [5.74, 6) is -2.18. The highest BCUT2D eigenvalue weighted by atomic mass is 19.1. The number of nitro groups is 1. The van der Waals surface area contributed by atoms with Gasteiger partial charge >= 0.3 is 5.69 Å². The Morgan fingerprint density at radius 2 is 1.80 bits per heavy atom. The number of nitrogens with one attached hydrogen (secondary N) is 1. The minimum absolute atomic E-state index is 0.0296. The van der Waals surface area contributed by atoms with Crippen LogP contribution in [0, 0.1) is 21.7 Å². The molecule has 0 aliphatic carbocycles. The van der Waals surface area contributed by atoms with Crippen LogP contribution in [0.4, 0.5) is 20.2 Å². The molecular weight excluding hydrogens is 334 g/mol. The van der Waals surface area contributed by atoms with Crippen LogP contribution in [0.25, 0.3) is 11.3 Å². The lowest BCUT2D eigenvalue weighted by Gasteiger charge is -2.04. The first kappa shape index (κ1) is 16.3. The van der Waals surface area contributed by atoms with E-state index in [0.29, 0.717) is 0 Å². The summed E-state index contributed by atoms with van der Waals surface area (Å²) in [5, 5.41) is 13.1. The van der Waals surface area contributed by atoms with Gasteiger partial charge in [-0.3, -0.25) is 14.9 Å². The van der Waals surface area contributed by atoms with E-state index in [1.807, 2.05) is 0 Å². The fourth-order valence-electron chi connectivity index (χ4n) is 2.19. The van der Waals surface area contributed by atoms with Gasteiger partial charge in [0.05, 0.1) is 10.5 Å². The van der Waals surface area contributed by atoms with E-state index in [9.17, 15) is 23.7 Å². The summed E-state index contributed by atoms with van der Waals surface area (Å²) in [6, 6.07) is 11.6. The van der Waals surface area contributed by atoms with Crippen LogP contribution in [0.1, 0.15) is 10.6 Å². The molecule has 8 heteroatoms. The molecule has 1 amide bonds. The first-order valence-corrected chi connectivity index (χ1v) is 7.06. The van der Waals surface area contributed by atoms with Gasteiger partial charge in [-0.15, -0.1) is 0 Å². The quantitative estimate of drug-likeness (QED) is 0.562. The fourth-order valence-corrected chi connectivity index (χ4v) is 2.19. The first-order chi connectivity index (χ1) is 12.0. The third-order valence-corrected chi connectivity index (χ3v) is 3.37. The largest absolute Gasteiger partial charge is 0.451 e. The molecule has 25 heavy (non-hydrogen) atoms. The van der Waals surface area contributed by atoms with Crippen molar-refractivity contribution in [2.75, 3.05) is 5.32 Å². The molecule has 3 aromatic rings. The van der Waals surface area contributed by atoms with Gasteiger partial charge in [-0.05, 0) is 36.4 Å². The van der Waals surface area contributed by atoms with Crippen molar-refractivity contribution in [1.82, 2.24) is 0 Å². The molecule has 3 rings (SSSR count). The van der Waals surface area contributed by atoms with E-state index in [4.69, 9.17) is 4.42 Å². The summed E-state index contributed by atoms with van der Waals surface area (Å²) in [5.41, 5.74) is -0.537. The van der Waals surface area contributed by atoms with Crippen LogP contribution in [0.3, 0.4) is 0 Å². The summed E-state index contributed by atoms with van der Waals surface area (Å²) in [6.07, 6.45) is 0. The van der Waals surface area contributed by atoms with E-state index in [1.54, 1.807) is 6.07 Å². The van der Waals surface area contributed by atoms with E-state index in [0.717, 1.165) is 12.1 Å². The van der Waals surface area contributed by atoms with Crippen molar-refractivity contribution in [3.63, 3.8) is 0 Å². The van der Waals surface area contributed by atoms with Gasteiger partial charge in [-0.25, -0.2) is 4.39 Å². The lowest BCUT2D eigenvalue weighted by Crippen LogP contribution is -2.11. The number of benzene rings is 2. The smallest absolute Gasteiger partial charge is 0.306 e. The zero-order valence-electron chi connectivity index (χ0n) is 12.5. The summed E-state index contributed by atoms with van der Waals surface area (Å²) in [6.45, 7) is 0. The number of halogens is 2. The van der Waals surface area contributed by atoms with Crippen LogP contribution in [0.15, 0.2) is 59.0 Å². The van der Waals surface area contributed by atoms with Crippen molar-refractivity contribution >= 4 is 17.3 Å². The van der Waals surface area contributed by atoms with E-state index in [1.165, 1.54) is 36.4 Å². The Kier molecular flexibility index (Phi) is 4.25. The molecule has 0 saturated carbocycles. The average molecular weight is 344 g/mol. The van der Waals surface area contributed by atoms with Crippen molar-refractivity contribution in [1.29, 1.82) is 0 Å². The summed E-state index contributed by atoms with van der Waals surface area (Å²) in [4.78, 5) is 22.0. The highest BCUT2D eigenvalue weighted by molar-refractivity contribution is 6.02. The molecule has 0 bridgehead atoms. The number of nitrogens with zero attached hydrogens (tertiary/aromatic N) is 1. The maximum absolute atomic E-state index is 13.7. The minimum atomic E-state index is -1.01. The molecule has 0 aliphatic heterocycles. The van der Waals surface area contributed by atoms with Crippen molar-refractivity contribution in [2.45, 2.75) is 0 Å². The van der Waals surface area contributed by atoms with Crippen molar-refractivity contribution in [2.24, 2.45) is 0 Å². The molecule has 0 unspecified atom stereocenters. The number of nitro benzene ring substituents is 1. The molecule has 0 fully saturated rings. The molecule has 0 aliphatic rings. The van der Waals surface area contributed by atoms with Gasteiger partial charge in [-0.1, -0.05) is 12.1 Å². The summed E-state index contributed by atoms with van der Waals surface area (Å²) < 4.78 is 32.4. The van der Waals surface area contributed by atoms with Gasteiger partial charge in [0, 0.05) is 11.8 Å². The number of amides is 1. The number of furan rings is 1. The third-order valence-electron chi connectivity index (χ3n) is 3.37. The Labute approximate surface area is 139 Å². The number of rotatable bonds is 4. The predicted molar refractivity (Wildman–Crippen MR) is 85.1 cm³/mol. The molecule has 6 nitrogen and oxygen atoms in total. The molecule has 0 spiro atoms. The highest BCUT2D eigenvalue weighted by Gasteiger charge is 2.18. The lowest BCUT2D eigenvalue weighted by atomic mass is 10.1. The average Bonchev–Trinajstić information content (AvgIpc) is 3.06. The number of anilines is 1. The Morgan fingerprint density at radius 1 is 1.04 bits per heavy atom. The number of carbonyl (C=O) groups excluding carboxylic acids is 1. The molecule has 2 aromatic carbocycles. The van der Waals surface area contributed by atoms with E-state index in [2.05, 4.69) is 5.32 Å². The van der Waals surface area contributed by atoms with E-state index < -0.39 is 28.2 Å². The van der Waals surface area contributed by atoms with Gasteiger partial charge in [0.2, 0.25) is 5.82 Å². The first-order valence-electron chi connectivity index (χ1n) is 7.06. The predicted octanol–water partition coefficient (Wildman–Crippen LogP) is 4.39. The number of hydrogen-bond donors (Lipinski definition) is 1. The molecule has 0 radical (unpaired) electrons. The van der Waals surface area contributed by atoms with Crippen molar-refractivity contribution in [3.05, 3.63) is 82.1 Å². The molecule has 126 valence electrons. The molecule has 1 aromatic heterocycles. The topological polar surface area (TPSA) is 85.4 Å². The number of carbonyl (C=O) groups is 1. The van der Waals surface area contributed by atoms with Crippen LogP contribution >= 0.6 is 0 Å². The Balaban J connectivity index is 1.82. The molecule has 1 heterocycles. The van der Waals surface area contributed by atoms with Crippen LogP contribution in [0.2, 0.25) is 0 Å². The standard InChI is InChI=1S/C17H10F2N2O4/c18-12-4-2-1-3-11(12)15-7-8-16(25-15)17(22)20-10-5-6-13(19)14(9-10)21(23)24/h1-9H,(H,20,22). The van der Waals surface area contributed by atoms with Gasteiger partial charge in [0.1, 0.15) is 11.6 Å². The Bertz CT molecular complexity index is 969. The lowest BCUT2D eigenvalue weighted by molar-refractivity contribution is -0.387. The van der Waals surface area contributed by atoms with Crippen molar-refractivity contribution in [3.8, 4) is 11.3 Å². The summed E-state index contributed by atoms with van der Waals surface area (Å²) >= 11 is 0. The van der Waals surface area contributed by atoms with Crippen LogP contribution in [-0.2, 0) is 0 Å². The maximum Gasteiger partial charge on any atom is 0.306 e. The van der Waals surface area contributed by atoms with E-state index in [-0.39, 0.29) is 22.8 Å². The number of hydrogen-bond acceptors (Lipinski definition) is 4. The molecule has 0 saturated heterocycles. The molecular formula is C17H10F2N2O4. The monoisotopic (exact) mass is 344 g/mol. The van der Waals surface area contributed by atoms with Crippen LogP contribution in [-0.4, -0.2) is 10.8 Å². The highest BCUT2D eigenvalue weighted by Crippen LogP contribution is 2.26. The maximum atomic E-state index is 13.7. The van der Waals surface area contributed by atoms with Gasteiger partial charge in [-0.2, -0.15) is 4.39 Å². The van der Waals surface area contributed by atoms with Gasteiger partial charge in [0.15, 0.2) is 5.76 Å². The zero-order valence-corrected chi connectivity index (χ0v) is 12.5. The SMILES string of the molecule is O=C(Nc1ccc(F)c([N+](=O)[O-])c1)c1ccc(-c2ccccc2F)o1. The molecule has 1 N–H and O–H groups in total. The van der Waals surface area contributed by atoms with Gasteiger partial charge in [0.25, 0.3) is 5.91 Å². The van der Waals surface area contributed by atoms with E-state index >= 15 is 0 Å². The normalized spacial score (nSPS) is 10.5. The zero-order chi connectivity index (χ0) is 18.0. The Hall–Kier alpha value is -3.55. The van der Waals surface area contributed by atoms with Crippen LogP contribution < -0.4 is 5.32 Å². The third kappa shape index (κ3) is 3.37. The minimum Gasteiger partial charge on any atom is -0.451 e. The summed E-state index contributed by atoms with van der Waals surface area (Å²) in [7, 11) is 0. The van der Waals surface area contributed by atoms with Crippen LogP contribution in [0.5, 0.6) is 0 Å². The Morgan fingerprint density at radius 3 is 2.52 bits per heavy atom. The second kappa shape index (κ2) is 6.52. The second-order valence-electron chi connectivity index (χ2n) is 5.02. The second-order valence-corrected chi connectivity index (χ2v) is 5.02. The van der Waals surface area contributed by atoms with Crippen molar-refractivity contribution < 1.29 is 22.9 Å². The fraction of sp³-hybridized carbons (Fsp3) is 0. The molecule has 0 atom stereocenters.